The van der Waals surface area contributed by atoms with E-state index in [2.05, 4.69) is 5.32 Å². The number of hydrogen-bond donors (Lipinski definition) is 9. The van der Waals surface area contributed by atoms with Gasteiger partial charge in [-0.15, -0.1) is 0 Å². The molecule has 0 unspecified atom stereocenters. The van der Waals surface area contributed by atoms with Gasteiger partial charge in [-0.25, -0.2) is 0 Å². The normalized spacial score (nSPS) is 6.97. The lowest BCUT2D eigenvalue weighted by Gasteiger charge is -1.95. The molecule has 31 heavy (non-hydrogen) atoms. The van der Waals surface area contributed by atoms with Crippen molar-refractivity contribution in [3.63, 3.8) is 0 Å². The fourth-order valence-electron chi connectivity index (χ4n) is 0.329. The zero-order chi connectivity index (χ0) is 27.0. The first-order valence-electron chi connectivity index (χ1n) is 8.09. The summed E-state index contributed by atoms with van der Waals surface area (Å²) in [5.74, 6) is -5.00. The molecule has 0 fully saturated rings. The Morgan fingerprint density at radius 2 is 0.581 bits per heavy atom. The first-order valence-corrected chi connectivity index (χ1v) is 8.09. The van der Waals surface area contributed by atoms with Crippen LogP contribution in [0.1, 0.15) is 41.5 Å². The van der Waals surface area contributed by atoms with Crippen molar-refractivity contribution < 1.29 is 59.4 Å². The van der Waals surface area contributed by atoms with Gasteiger partial charge in [0.2, 0.25) is 0 Å². The highest BCUT2D eigenvalue weighted by atomic mass is 16.4. The number of nitrogens with one attached hydrogen (secondary N) is 1. The first kappa shape index (κ1) is 46.1. The summed E-state index contributed by atoms with van der Waals surface area (Å²) in [5.41, 5.74) is 10.3. The Labute approximate surface area is 180 Å². The largest absolute Gasteiger partial charge is 0.481 e. The maximum atomic E-state index is 9.00. The number of aliphatic carboxylic acids is 6. The molecule has 0 saturated carbocycles. The van der Waals surface area contributed by atoms with E-state index >= 15 is 0 Å². The molecular formula is C16H37N3O12. The van der Waals surface area contributed by atoms with Gasteiger partial charge in [0.1, 0.15) is 0 Å². The Balaban J connectivity index is -0.0000000440. The lowest BCUT2D eigenvalue weighted by molar-refractivity contribution is -0.135. The monoisotopic (exact) mass is 463 g/mol. The van der Waals surface area contributed by atoms with Crippen molar-refractivity contribution in [2.75, 3.05) is 26.2 Å². The van der Waals surface area contributed by atoms with Crippen LogP contribution >= 0.6 is 0 Å². The van der Waals surface area contributed by atoms with Crippen LogP contribution in [0.5, 0.6) is 0 Å². The number of carboxylic acids is 6. The molecule has 0 radical (unpaired) electrons. The highest BCUT2D eigenvalue weighted by Crippen LogP contribution is 1.49. The smallest absolute Gasteiger partial charge is 0.300 e. The lowest BCUT2D eigenvalue weighted by Crippen LogP contribution is -2.27. The van der Waals surface area contributed by atoms with Crippen LogP contribution in [0.4, 0.5) is 0 Å². The predicted molar refractivity (Wildman–Crippen MR) is 111 cm³/mol. The minimum Gasteiger partial charge on any atom is -0.481 e. The van der Waals surface area contributed by atoms with Gasteiger partial charge in [0.15, 0.2) is 0 Å². The molecule has 188 valence electrons. The van der Waals surface area contributed by atoms with Gasteiger partial charge in [-0.05, 0) is 0 Å². The molecule has 0 atom stereocenters. The van der Waals surface area contributed by atoms with Gasteiger partial charge >= 0.3 is 0 Å². The molecule has 0 aromatic carbocycles. The Morgan fingerprint density at radius 3 is 0.645 bits per heavy atom. The van der Waals surface area contributed by atoms with Gasteiger partial charge in [0.05, 0.1) is 0 Å². The summed E-state index contributed by atoms with van der Waals surface area (Å²) in [6.45, 7) is 9.63. The van der Waals surface area contributed by atoms with E-state index in [0.717, 1.165) is 54.6 Å². The van der Waals surface area contributed by atoms with Crippen LogP contribution in [0.3, 0.4) is 0 Å². The van der Waals surface area contributed by atoms with E-state index < -0.39 is 35.8 Å². The zero-order valence-corrected chi connectivity index (χ0v) is 18.6. The quantitative estimate of drug-likeness (QED) is 0.227. The number of rotatable bonds is 4. The zero-order valence-electron chi connectivity index (χ0n) is 18.6. The Hall–Kier alpha value is -3.30. The number of nitrogens with two attached hydrogens (primary N) is 2. The molecule has 0 amide bonds. The van der Waals surface area contributed by atoms with Crippen molar-refractivity contribution in [3.05, 3.63) is 0 Å². The highest BCUT2D eigenvalue weighted by Gasteiger charge is 1.76. The standard InChI is InChI=1S/C4H13N3.6C2H4O2/c5-1-3-7-4-2-6;6*1-2(3)4/h7H,1-6H2;6*1H3,(H,3,4). The molecule has 11 N–H and O–H groups in total. The summed E-state index contributed by atoms with van der Waals surface area (Å²) < 4.78 is 0. The van der Waals surface area contributed by atoms with Gasteiger partial charge in [-0.1, -0.05) is 0 Å². The Kier molecular flexibility index (Phi) is 67.6. The van der Waals surface area contributed by atoms with Crippen molar-refractivity contribution >= 4 is 35.8 Å². The van der Waals surface area contributed by atoms with Crippen molar-refractivity contribution in [1.82, 2.24) is 5.32 Å². The fourth-order valence-corrected chi connectivity index (χ4v) is 0.329. The number of hydrogen-bond acceptors (Lipinski definition) is 9. The van der Waals surface area contributed by atoms with E-state index in [0.29, 0.717) is 13.1 Å². The lowest BCUT2D eigenvalue weighted by atomic mass is 10.6. The second kappa shape index (κ2) is 45.4. The fraction of sp³-hybridized carbons (Fsp3) is 0.625. The highest BCUT2D eigenvalue weighted by molar-refractivity contribution is 5.64. The van der Waals surface area contributed by atoms with Crippen LogP contribution in [-0.2, 0) is 28.8 Å². The molecule has 15 nitrogen and oxygen atoms in total. The molecule has 0 aromatic heterocycles. The minimum atomic E-state index is -0.833. The second-order valence-electron chi connectivity index (χ2n) is 4.44. The molecule has 0 saturated heterocycles. The summed E-state index contributed by atoms with van der Waals surface area (Å²) in [5, 5.41) is 47.5. The number of carboxylic acid groups (broad SMARTS) is 6. The van der Waals surface area contributed by atoms with E-state index in [1.165, 1.54) is 0 Å². The third-order valence-corrected chi connectivity index (χ3v) is 0.642. The molecule has 0 aromatic rings. The van der Waals surface area contributed by atoms with E-state index in [1.807, 2.05) is 0 Å². The summed E-state index contributed by atoms with van der Waals surface area (Å²) in [6, 6.07) is 0. The van der Waals surface area contributed by atoms with E-state index in [9.17, 15) is 0 Å². The molecule has 15 heteroatoms. The maximum absolute atomic E-state index is 9.00. The molecule has 0 heterocycles. The molecule has 0 spiro atoms. The van der Waals surface area contributed by atoms with Crippen molar-refractivity contribution in [1.29, 1.82) is 0 Å². The Bertz CT molecular complexity index is 336. The van der Waals surface area contributed by atoms with E-state index in [4.69, 9.17) is 70.9 Å². The average molecular weight is 463 g/mol. The molecule has 0 bridgehead atoms. The summed E-state index contributed by atoms with van der Waals surface area (Å²) in [7, 11) is 0. The molecule has 0 rings (SSSR count). The summed E-state index contributed by atoms with van der Waals surface area (Å²) >= 11 is 0. The van der Waals surface area contributed by atoms with Crippen LogP contribution in [0, 0.1) is 0 Å². The van der Waals surface area contributed by atoms with Crippen molar-refractivity contribution in [3.8, 4) is 0 Å². The molecule has 0 aliphatic heterocycles. The van der Waals surface area contributed by atoms with Gasteiger partial charge in [-0.2, -0.15) is 0 Å². The number of carbonyl (C=O) groups is 6. The second-order valence-corrected chi connectivity index (χ2v) is 4.44. The van der Waals surface area contributed by atoms with Gasteiger partial charge < -0.3 is 47.4 Å². The Morgan fingerprint density at radius 1 is 0.484 bits per heavy atom. The van der Waals surface area contributed by atoms with E-state index in [-0.39, 0.29) is 0 Å². The van der Waals surface area contributed by atoms with Crippen LogP contribution in [-0.4, -0.2) is 92.6 Å². The molecule has 0 aliphatic rings. The van der Waals surface area contributed by atoms with Crippen LogP contribution in [0.25, 0.3) is 0 Å². The molecular weight excluding hydrogens is 426 g/mol. The van der Waals surface area contributed by atoms with Crippen LogP contribution in [0.2, 0.25) is 0 Å². The molecule has 0 aliphatic carbocycles. The topological polar surface area (TPSA) is 288 Å². The van der Waals surface area contributed by atoms with Crippen LogP contribution < -0.4 is 16.8 Å². The third kappa shape index (κ3) is 33200. The summed E-state index contributed by atoms with van der Waals surface area (Å²) in [6.07, 6.45) is 0. The SMILES string of the molecule is CC(=O)O.CC(=O)O.CC(=O)O.CC(=O)O.CC(=O)O.CC(=O)O.NCCNCCN. The average Bonchev–Trinajstić information content (AvgIpc) is 2.44. The van der Waals surface area contributed by atoms with Crippen LogP contribution in [0.15, 0.2) is 0 Å². The van der Waals surface area contributed by atoms with Gasteiger partial charge in [0, 0.05) is 67.7 Å². The first-order chi connectivity index (χ1) is 13.8. The van der Waals surface area contributed by atoms with Crippen molar-refractivity contribution in [2.24, 2.45) is 11.5 Å². The summed E-state index contributed by atoms with van der Waals surface area (Å²) in [4.78, 5) is 54.0. The van der Waals surface area contributed by atoms with E-state index in [1.54, 1.807) is 0 Å². The van der Waals surface area contributed by atoms with Crippen molar-refractivity contribution in [2.45, 2.75) is 41.5 Å². The predicted octanol–water partition coefficient (Wildman–Crippen LogP) is -0.961. The maximum Gasteiger partial charge on any atom is 0.300 e. The van der Waals surface area contributed by atoms with Gasteiger partial charge in [-0.3, -0.25) is 28.8 Å². The third-order valence-electron chi connectivity index (χ3n) is 0.642. The van der Waals surface area contributed by atoms with Gasteiger partial charge in [0.25, 0.3) is 35.8 Å². The minimum absolute atomic E-state index is 0.694.